The first-order valence-corrected chi connectivity index (χ1v) is 6.68. The second-order valence-electron chi connectivity index (χ2n) is 4.80. The number of rotatable bonds is 6. The number of allylic oxidation sites excluding steroid dienone is 1. The molecule has 1 aromatic carbocycles. The van der Waals surface area contributed by atoms with Crippen LogP contribution in [0, 0.1) is 0 Å². The van der Waals surface area contributed by atoms with E-state index in [-0.39, 0.29) is 0 Å². The van der Waals surface area contributed by atoms with Gasteiger partial charge in [-0.1, -0.05) is 63.0 Å². The summed E-state index contributed by atoms with van der Waals surface area (Å²) in [6, 6.07) is 6.98. The Bertz CT molecular complexity index is 360. The quantitative estimate of drug-likeness (QED) is 0.598. The van der Waals surface area contributed by atoms with Crippen molar-refractivity contribution in [3.8, 4) is 0 Å². The molecule has 0 aromatic heterocycles. The number of hydrogen-bond donors (Lipinski definition) is 0. The van der Waals surface area contributed by atoms with Crippen molar-refractivity contribution in [3.05, 3.63) is 41.0 Å². The molecule has 1 aliphatic carbocycles. The molecule has 0 atom stereocenters. The van der Waals surface area contributed by atoms with E-state index in [4.69, 9.17) is 0 Å². The average Bonchev–Trinajstić information content (AvgIpc) is 2.76. The largest absolute Gasteiger partial charge is 0.0795 e. The minimum Gasteiger partial charge on any atom is -0.0795 e. The zero-order valence-electron chi connectivity index (χ0n) is 10.3. The number of aryl methyl sites for hydroxylation is 1. The normalized spacial score (nSPS) is 13.1. The lowest BCUT2D eigenvalue weighted by molar-refractivity contribution is 0.632. The van der Waals surface area contributed by atoms with E-state index in [2.05, 4.69) is 37.3 Å². The first-order chi connectivity index (χ1) is 7.90. The van der Waals surface area contributed by atoms with Gasteiger partial charge in [0, 0.05) is 0 Å². The van der Waals surface area contributed by atoms with E-state index in [1.807, 2.05) is 0 Å². The number of hydrogen-bond acceptors (Lipinski definition) is 0. The maximum absolute atomic E-state index is 2.40. The molecule has 0 nitrogen and oxygen atoms in total. The molecule has 0 saturated carbocycles. The number of fused-ring (bicyclic) bond motifs is 1. The topological polar surface area (TPSA) is 0 Å². The standard InChI is InChI=1S/C16H22/c1-2-3-4-5-6-8-14-11-12-15-9-7-10-16(15)13-14/h7,9,11-13H,2-6,8,10H2,1H3. The van der Waals surface area contributed by atoms with Gasteiger partial charge in [-0.3, -0.25) is 0 Å². The second-order valence-corrected chi connectivity index (χ2v) is 4.80. The van der Waals surface area contributed by atoms with Crippen LogP contribution in [0.15, 0.2) is 24.3 Å². The van der Waals surface area contributed by atoms with Gasteiger partial charge in [0.2, 0.25) is 0 Å². The highest BCUT2D eigenvalue weighted by molar-refractivity contribution is 5.60. The van der Waals surface area contributed by atoms with E-state index in [0.717, 1.165) is 6.42 Å². The molecule has 1 aliphatic rings. The highest BCUT2D eigenvalue weighted by atomic mass is 14.1. The van der Waals surface area contributed by atoms with Gasteiger partial charge in [0.1, 0.15) is 0 Å². The van der Waals surface area contributed by atoms with Crippen molar-refractivity contribution in [2.45, 2.75) is 51.9 Å². The fourth-order valence-corrected chi connectivity index (χ4v) is 2.40. The molecule has 1 aromatic rings. The van der Waals surface area contributed by atoms with Crippen LogP contribution in [-0.4, -0.2) is 0 Å². The van der Waals surface area contributed by atoms with Gasteiger partial charge in [-0.05, 0) is 36.0 Å². The molecule has 0 N–H and O–H groups in total. The lowest BCUT2D eigenvalue weighted by Gasteiger charge is -2.05. The monoisotopic (exact) mass is 214 g/mol. The number of unbranched alkanes of at least 4 members (excludes halogenated alkanes) is 4. The van der Waals surface area contributed by atoms with E-state index >= 15 is 0 Å². The van der Waals surface area contributed by atoms with E-state index in [0.29, 0.717) is 0 Å². The van der Waals surface area contributed by atoms with Crippen LogP contribution in [0.4, 0.5) is 0 Å². The average molecular weight is 214 g/mol. The van der Waals surface area contributed by atoms with Crippen LogP contribution in [-0.2, 0) is 12.8 Å². The van der Waals surface area contributed by atoms with Crippen molar-refractivity contribution in [3.63, 3.8) is 0 Å². The smallest absolute Gasteiger partial charge is 0.00881 e. The predicted octanol–water partition coefficient (Wildman–Crippen LogP) is 4.77. The van der Waals surface area contributed by atoms with Gasteiger partial charge in [0.15, 0.2) is 0 Å². The fourth-order valence-electron chi connectivity index (χ4n) is 2.40. The molecular formula is C16H22. The fraction of sp³-hybridized carbons (Fsp3) is 0.500. The Labute approximate surface area is 99.4 Å². The molecular weight excluding hydrogens is 192 g/mol. The van der Waals surface area contributed by atoms with Crippen molar-refractivity contribution < 1.29 is 0 Å². The Balaban J connectivity index is 1.78. The van der Waals surface area contributed by atoms with Crippen LogP contribution in [0.2, 0.25) is 0 Å². The molecule has 0 bridgehead atoms. The summed E-state index contributed by atoms with van der Waals surface area (Å²) in [5.74, 6) is 0. The van der Waals surface area contributed by atoms with Gasteiger partial charge in [0.05, 0.1) is 0 Å². The second kappa shape index (κ2) is 5.89. The molecule has 86 valence electrons. The van der Waals surface area contributed by atoms with Gasteiger partial charge < -0.3 is 0 Å². The van der Waals surface area contributed by atoms with E-state index in [1.165, 1.54) is 55.2 Å². The molecule has 0 fully saturated rings. The number of benzene rings is 1. The summed E-state index contributed by atoms with van der Waals surface area (Å²) in [5.41, 5.74) is 4.47. The highest BCUT2D eigenvalue weighted by Gasteiger charge is 2.05. The highest BCUT2D eigenvalue weighted by Crippen LogP contribution is 2.21. The summed E-state index contributed by atoms with van der Waals surface area (Å²) < 4.78 is 0. The van der Waals surface area contributed by atoms with Gasteiger partial charge in [0.25, 0.3) is 0 Å². The van der Waals surface area contributed by atoms with Crippen LogP contribution >= 0.6 is 0 Å². The molecule has 0 spiro atoms. The van der Waals surface area contributed by atoms with Crippen molar-refractivity contribution in [1.29, 1.82) is 0 Å². The Morgan fingerprint density at radius 1 is 1.06 bits per heavy atom. The first kappa shape index (κ1) is 11.4. The molecule has 0 radical (unpaired) electrons. The Morgan fingerprint density at radius 3 is 2.81 bits per heavy atom. The summed E-state index contributed by atoms with van der Waals surface area (Å²) in [6.45, 7) is 2.27. The molecule has 16 heavy (non-hydrogen) atoms. The SMILES string of the molecule is CCCCCCCc1ccc2c(c1)CC=C2. The summed E-state index contributed by atoms with van der Waals surface area (Å²) in [5, 5.41) is 0. The third kappa shape index (κ3) is 2.98. The summed E-state index contributed by atoms with van der Waals surface area (Å²) in [6.07, 6.45) is 13.8. The van der Waals surface area contributed by atoms with Crippen molar-refractivity contribution in [2.24, 2.45) is 0 Å². The van der Waals surface area contributed by atoms with Gasteiger partial charge in [-0.2, -0.15) is 0 Å². The van der Waals surface area contributed by atoms with Gasteiger partial charge in [-0.15, -0.1) is 0 Å². The van der Waals surface area contributed by atoms with E-state index in [1.54, 1.807) is 0 Å². The third-order valence-electron chi connectivity index (χ3n) is 3.41. The van der Waals surface area contributed by atoms with Gasteiger partial charge >= 0.3 is 0 Å². The van der Waals surface area contributed by atoms with Crippen molar-refractivity contribution in [1.82, 2.24) is 0 Å². The molecule has 2 rings (SSSR count). The minimum atomic E-state index is 1.14. The van der Waals surface area contributed by atoms with Crippen molar-refractivity contribution in [2.75, 3.05) is 0 Å². The Morgan fingerprint density at radius 2 is 1.94 bits per heavy atom. The van der Waals surface area contributed by atoms with Crippen LogP contribution in [0.1, 0.15) is 55.7 Å². The van der Waals surface area contributed by atoms with Crippen molar-refractivity contribution >= 4 is 6.08 Å². The molecule has 0 unspecified atom stereocenters. The zero-order chi connectivity index (χ0) is 11.2. The molecule has 0 heteroatoms. The van der Waals surface area contributed by atoms with Crippen LogP contribution in [0.25, 0.3) is 6.08 Å². The molecule has 0 aliphatic heterocycles. The molecule has 0 heterocycles. The maximum atomic E-state index is 2.40. The van der Waals surface area contributed by atoms with E-state index < -0.39 is 0 Å². The Kier molecular flexibility index (Phi) is 4.21. The van der Waals surface area contributed by atoms with Crippen LogP contribution < -0.4 is 0 Å². The maximum Gasteiger partial charge on any atom is -0.00881 e. The summed E-state index contributed by atoms with van der Waals surface area (Å²) in [7, 11) is 0. The molecule has 0 saturated heterocycles. The van der Waals surface area contributed by atoms with Crippen LogP contribution in [0.3, 0.4) is 0 Å². The van der Waals surface area contributed by atoms with Gasteiger partial charge in [-0.25, -0.2) is 0 Å². The summed E-state index contributed by atoms with van der Waals surface area (Å²) in [4.78, 5) is 0. The first-order valence-electron chi connectivity index (χ1n) is 6.68. The van der Waals surface area contributed by atoms with E-state index in [9.17, 15) is 0 Å². The zero-order valence-corrected chi connectivity index (χ0v) is 10.3. The summed E-state index contributed by atoms with van der Waals surface area (Å²) >= 11 is 0. The third-order valence-corrected chi connectivity index (χ3v) is 3.41. The minimum absolute atomic E-state index is 1.14. The Hall–Kier alpha value is -1.04. The lowest BCUT2D eigenvalue weighted by Crippen LogP contribution is -1.89. The molecule has 0 amide bonds. The predicted molar refractivity (Wildman–Crippen MR) is 71.6 cm³/mol. The lowest BCUT2D eigenvalue weighted by atomic mass is 10.0. The van der Waals surface area contributed by atoms with Crippen LogP contribution in [0.5, 0.6) is 0 Å².